The Hall–Kier alpha value is -6.55. The van der Waals surface area contributed by atoms with Crippen molar-refractivity contribution in [3.63, 3.8) is 0 Å². The quantitative estimate of drug-likeness (QED) is 0.104. The van der Waals surface area contributed by atoms with Crippen molar-refractivity contribution < 1.29 is 22.8 Å². The Kier molecular flexibility index (Phi) is 11.1. The topological polar surface area (TPSA) is 180 Å². The Morgan fingerprint density at radius 2 is 1.63 bits per heavy atom. The maximum atomic E-state index is 13.1. The average Bonchev–Trinajstić information content (AvgIpc) is 3.65. The van der Waals surface area contributed by atoms with Gasteiger partial charge in [-0.05, 0) is 97.4 Å². The van der Waals surface area contributed by atoms with Gasteiger partial charge in [0.15, 0.2) is 15.5 Å². The number of amides is 3. The highest BCUT2D eigenvalue weighted by atomic mass is 32.2. The molecule has 0 spiro atoms. The summed E-state index contributed by atoms with van der Waals surface area (Å²) in [6.07, 6.45) is 6.47. The van der Waals surface area contributed by atoms with Crippen LogP contribution in [0.1, 0.15) is 44.6 Å². The van der Waals surface area contributed by atoms with Crippen LogP contribution in [0.2, 0.25) is 0 Å². The number of aromatic nitrogens is 4. The third-order valence-corrected chi connectivity index (χ3v) is 12.1. The summed E-state index contributed by atoms with van der Waals surface area (Å²) >= 11 is 0. The van der Waals surface area contributed by atoms with Gasteiger partial charge in [0.05, 0.1) is 10.6 Å². The molecule has 304 valence electrons. The minimum atomic E-state index is -3.29. The number of nitrogens with one attached hydrogen (secondary N) is 3. The zero-order valence-electron chi connectivity index (χ0n) is 32.6. The van der Waals surface area contributed by atoms with Gasteiger partial charge >= 0.3 is 0 Å². The van der Waals surface area contributed by atoms with Crippen molar-refractivity contribution in [2.24, 2.45) is 0 Å². The van der Waals surface area contributed by atoms with Crippen molar-refractivity contribution in [1.29, 1.82) is 0 Å². The highest BCUT2D eigenvalue weighted by Gasteiger charge is 2.29. The number of imide groups is 1. The van der Waals surface area contributed by atoms with Gasteiger partial charge in [0, 0.05) is 86.0 Å². The lowest BCUT2D eigenvalue weighted by atomic mass is 10.0. The average molecular weight is 816 g/mol. The maximum absolute atomic E-state index is 13.1. The molecule has 2 aliphatic rings. The second-order valence-electron chi connectivity index (χ2n) is 15.0. The van der Waals surface area contributed by atoms with E-state index in [9.17, 15) is 27.6 Å². The van der Waals surface area contributed by atoms with Crippen LogP contribution in [-0.2, 0) is 24.2 Å². The third-order valence-electron chi connectivity index (χ3n) is 10.9. The number of piperidine rings is 1. The highest BCUT2D eigenvalue weighted by molar-refractivity contribution is 7.90. The molecule has 3 amide bonds. The van der Waals surface area contributed by atoms with Crippen molar-refractivity contribution in [3.8, 4) is 11.3 Å². The molecule has 1 atom stereocenters. The van der Waals surface area contributed by atoms with Crippen molar-refractivity contribution in [1.82, 2.24) is 29.4 Å². The predicted octanol–water partition coefficient (Wildman–Crippen LogP) is 5.16. The van der Waals surface area contributed by atoms with E-state index in [0.29, 0.717) is 42.9 Å². The van der Waals surface area contributed by atoms with Crippen molar-refractivity contribution in [2.45, 2.75) is 49.5 Å². The van der Waals surface area contributed by atoms with Gasteiger partial charge in [-0.3, -0.25) is 24.5 Å². The smallest absolute Gasteiger partial charge is 0.259 e. The van der Waals surface area contributed by atoms with Gasteiger partial charge in [-0.15, -0.1) is 5.10 Å². The van der Waals surface area contributed by atoms with E-state index in [4.69, 9.17) is 0 Å². The number of nitrogens with zero attached hydrogens (tertiary/aromatic N) is 6. The Bertz CT molecular complexity index is 2710. The van der Waals surface area contributed by atoms with Crippen LogP contribution in [0.3, 0.4) is 0 Å². The molecule has 0 bridgehead atoms. The monoisotopic (exact) mass is 815 g/mol. The number of anilines is 4. The summed E-state index contributed by atoms with van der Waals surface area (Å²) in [5.41, 5.74) is 4.82. The number of hydrogen-bond acceptors (Lipinski definition) is 11. The lowest BCUT2D eigenvalue weighted by Gasteiger charge is -2.36. The second-order valence-corrected chi connectivity index (χ2v) is 17.0. The summed E-state index contributed by atoms with van der Waals surface area (Å²) in [6, 6.07) is 27.1. The normalized spacial score (nSPS) is 16.1. The number of sulfone groups is 1. The molecule has 5 heterocycles. The van der Waals surface area contributed by atoms with Crippen LogP contribution in [0, 0.1) is 0 Å². The fourth-order valence-electron chi connectivity index (χ4n) is 7.68. The number of hydrogen-bond donors (Lipinski definition) is 3. The van der Waals surface area contributed by atoms with Crippen molar-refractivity contribution in [2.75, 3.05) is 54.5 Å². The molecule has 1 unspecified atom stereocenters. The number of fused-ring (bicyclic) bond motifs is 2. The number of unbranched alkanes of at least 4 members (excludes halogenated alkanes) is 2. The van der Waals surface area contributed by atoms with Gasteiger partial charge in [-0.2, -0.15) is 4.98 Å². The van der Waals surface area contributed by atoms with Gasteiger partial charge < -0.3 is 25.0 Å². The van der Waals surface area contributed by atoms with Crippen LogP contribution in [0.5, 0.6) is 0 Å². The molecule has 0 radical (unpaired) electrons. The first-order valence-corrected chi connectivity index (χ1v) is 21.7. The molecule has 59 heavy (non-hydrogen) atoms. The lowest BCUT2D eigenvalue weighted by molar-refractivity contribution is -0.136. The summed E-state index contributed by atoms with van der Waals surface area (Å²) in [7, 11) is -3.29. The zero-order chi connectivity index (χ0) is 41.1. The molecule has 3 aromatic carbocycles. The van der Waals surface area contributed by atoms with E-state index >= 15 is 0 Å². The van der Waals surface area contributed by atoms with Crippen LogP contribution in [0.25, 0.3) is 27.7 Å². The first kappa shape index (κ1) is 39.3. The molecule has 3 N–H and O–H groups in total. The Labute approximate surface area is 341 Å². The number of carbonyl (C=O) groups excluding carboxylic acids is 3. The van der Waals surface area contributed by atoms with Crippen LogP contribution in [-0.4, -0.2) is 89.2 Å². The SMILES string of the molecule is CS(=O)(=O)c1ccc(-c2cccc3nc(Nc4ccc(N5CCN(C(=O)CCCCCNc6ccc7c(=O)n(C8CCC(=O)NC8=O)ccc7c6)CC5)cc4)nn23)cc1. The number of carbonyl (C=O) groups is 3. The zero-order valence-corrected chi connectivity index (χ0v) is 33.5. The Morgan fingerprint density at radius 3 is 2.37 bits per heavy atom. The first-order valence-electron chi connectivity index (χ1n) is 19.8. The number of benzene rings is 3. The number of pyridine rings is 2. The second kappa shape index (κ2) is 16.7. The van der Waals surface area contributed by atoms with E-state index in [1.54, 1.807) is 41.0 Å². The van der Waals surface area contributed by atoms with Gasteiger partial charge in [0.25, 0.3) is 5.56 Å². The molecular formula is C43H45N9O6S. The summed E-state index contributed by atoms with van der Waals surface area (Å²) in [4.78, 5) is 59.1. The molecule has 2 fully saturated rings. The van der Waals surface area contributed by atoms with E-state index in [2.05, 4.69) is 43.1 Å². The molecule has 3 aromatic heterocycles. The molecule has 15 nitrogen and oxygen atoms in total. The van der Waals surface area contributed by atoms with Crippen molar-refractivity contribution >= 4 is 67.0 Å². The van der Waals surface area contributed by atoms with E-state index in [0.717, 1.165) is 72.6 Å². The largest absolute Gasteiger partial charge is 0.385 e. The minimum Gasteiger partial charge on any atom is -0.385 e. The molecule has 6 aromatic rings. The van der Waals surface area contributed by atoms with E-state index in [-0.39, 0.29) is 28.7 Å². The fraction of sp³-hybridized carbons (Fsp3) is 0.302. The molecule has 0 aliphatic carbocycles. The molecule has 8 rings (SSSR count). The molecule has 16 heteroatoms. The Morgan fingerprint density at radius 1 is 0.864 bits per heavy atom. The summed E-state index contributed by atoms with van der Waals surface area (Å²) in [6.45, 7) is 3.58. The fourth-order valence-corrected chi connectivity index (χ4v) is 8.31. The third kappa shape index (κ3) is 8.82. The van der Waals surface area contributed by atoms with E-state index in [1.807, 2.05) is 53.4 Å². The minimum absolute atomic E-state index is 0.184. The standard InChI is InChI=1S/C43H45N9O6S/c1-59(57,58)34-16-9-29(10-17-34)36-6-5-7-38-46-43(48-52(36)38)45-31-11-14-33(15-12-31)49-24-26-50(27-25-49)40(54)8-3-2-4-22-44-32-13-18-35-30(28-32)21-23-51(42(35)56)37-19-20-39(53)47-41(37)55/h5-7,9-18,21,23,28,37,44H,2-4,8,19-20,22,24-27H2,1H3,(H,45,48)(H,47,53,55). The Balaban J connectivity index is 0.760. The molecule has 2 saturated heterocycles. The van der Waals surface area contributed by atoms with Gasteiger partial charge in [0.2, 0.25) is 23.7 Å². The highest BCUT2D eigenvalue weighted by Crippen LogP contribution is 2.26. The summed E-state index contributed by atoms with van der Waals surface area (Å²) < 4.78 is 26.9. The first-order chi connectivity index (χ1) is 28.5. The van der Waals surface area contributed by atoms with Crippen LogP contribution >= 0.6 is 0 Å². The molecule has 0 saturated carbocycles. The van der Waals surface area contributed by atoms with Crippen LogP contribution < -0.4 is 26.4 Å². The number of piperazine rings is 1. The van der Waals surface area contributed by atoms with Crippen LogP contribution in [0.15, 0.2) is 107 Å². The van der Waals surface area contributed by atoms with E-state index in [1.165, 1.54) is 10.8 Å². The lowest BCUT2D eigenvalue weighted by Crippen LogP contribution is -2.48. The summed E-state index contributed by atoms with van der Waals surface area (Å²) in [5.74, 6) is -0.141. The maximum Gasteiger partial charge on any atom is 0.259 e. The molecular weight excluding hydrogens is 771 g/mol. The van der Waals surface area contributed by atoms with Crippen molar-refractivity contribution in [3.05, 3.63) is 108 Å². The van der Waals surface area contributed by atoms with Gasteiger partial charge in [0.1, 0.15) is 6.04 Å². The number of rotatable bonds is 13. The summed E-state index contributed by atoms with van der Waals surface area (Å²) in [5, 5.41) is 15.0. The van der Waals surface area contributed by atoms with E-state index < -0.39 is 21.8 Å². The molecule has 2 aliphatic heterocycles. The predicted molar refractivity (Wildman–Crippen MR) is 227 cm³/mol. The van der Waals surface area contributed by atoms with Crippen LogP contribution in [0.4, 0.5) is 23.0 Å². The van der Waals surface area contributed by atoms with Gasteiger partial charge in [-0.1, -0.05) is 24.6 Å². The van der Waals surface area contributed by atoms with Gasteiger partial charge in [-0.25, -0.2) is 12.9 Å².